The molecule has 0 radical (unpaired) electrons. The van der Waals surface area contributed by atoms with Gasteiger partial charge in [0.15, 0.2) is 5.78 Å². The van der Waals surface area contributed by atoms with Crippen LogP contribution < -0.4 is 5.32 Å². The molecule has 1 aromatic carbocycles. The number of fused-ring (bicyclic) bond motifs is 1. The van der Waals surface area contributed by atoms with E-state index in [0.29, 0.717) is 19.4 Å². The molecule has 0 fully saturated rings. The lowest BCUT2D eigenvalue weighted by Crippen LogP contribution is -2.13. The quantitative estimate of drug-likeness (QED) is 0.839. The maximum Gasteiger partial charge on any atom is 0.163 e. The molecule has 5 heteroatoms. The fourth-order valence-corrected chi connectivity index (χ4v) is 2.97. The Bertz CT molecular complexity index is 578. The molecule has 1 aromatic rings. The number of sulfone groups is 1. The van der Waals surface area contributed by atoms with Crippen molar-refractivity contribution in [2.75, 3.05) is 23.9 Å². The van der Waals surface area contributed by atoms with E-state index < -0.39 is 9.84 Å². The van der Waals surface area contributed by atoms with Crippen LogP contribution in [0.5, 0.6) is 0 Å². The molecule has 1 aliphatic rings. The van der Waals surface area contributed by atoms with E-state index in [4.69, 9.17) is 0 Å². The fourth-order valence-electron chi connectivity index (χ4n) is 2.31. The summed E-state index contributed by atoms with van der Waals surface area (Å²) in [7, 11) is -2.90. The summed E-state index contributed by atoms with van der Waals surface area (Å²) in [5, 5.41) is 3.17. The lowest BCUT2D eigenvalue weighted by atomic mass is 9.90. The van der Waals surface area contributed by atoms with Gasteiger partial charge in [-0.05, 0) is 37.0 Å². The molecule has 104 valence electrons. The molecule has 0 amide bonds. The molecule has 1 aliphatic carbocycles. The molecule has 0 heterocycles. The van der Waals surface area contributed by atoms with Gasteiger partial charge in [-0.2, -0.15) is 0 Å². The van der Waals surface area contributed by atoms with Gasteiger partial charge in [0.1, 0.15) is 9.84 Å². The number of Topliss-reactive ketones (excluding diaryl/α,β-unsaturated/α-hetero) is 1. The number of hydrogen-bond donors (Lipinski definition) is 1. The van der Waals surface area contributed by atoms with Crippen LogP contribution in [0.3, 0.4) is 0 Å². The number of anilines is 1. The van der Waals surface area contributed by atoms with E-state index >= 15 is 0 Å². The van der Waals surface area contributed by atoms with Crippen LogP contribution in [0.1, 0.15) is 35.2 Å². The predicted octanol–water partition coefficient (Wildman–Crippen LogP) is 2.05. The lowest BCUT2D eigenvalue weighted by Gasteiger charge is -2.16. The highest BCUT2D eigenvalue weighted by molar-refractivity contribution is 7.90. The molecular formula is C14H19NO3S. The van der Waals surface area contributed by atoms with Crippen molar-refractivity contribution >= 4 is 21.3 Å². The van der Waals surface area contributed by atoms with Crippen LogP contribution in [0.25, 0.3) is 0 Å². The predicted molar refractivity (Wildman–Crippen MR) is 76.5 cm³/mol. The van der Waals surface area contributed by atoms with E-state index in [2.05, 4.69) is 5.32 Å². The van der Waals surface area contributed by atoms with Crippen molar-refractivity contribution in [1.82, 2.24) is 0 Å². The summed E-state index contributed by atoms with van der Waals surface area (Å²) in [6.45, 7) is 0.597. The standard InChI is InChI=1S/C14H19NO3S/c1-19(17,18)9-3-8-15-12-7-6-11-4-2-5-14(16)13(11)10-12/h6-7,10,15H,2-5,8-9H2,1H3. The molecule has 0 unspecified atom stereocenters. The Morgan fingerprint density at radius 1 is 1.26 bits per heavy atom. The number of hydrogen-bond acceptors (Lipinski definition) is 4. The molecule has 0 bridgehead atoms. The molecule has 1 N–H and O–H groups in total. The van der Waals surface area contributed by atoms with Crippen LogP contribution in [0, 0.1) is 0 Å². The van der Waals surface area contributed by atoms with Gasteiger partial charge in [-0.25, -0.2) is 8.42 Å². The highest BCUT2D eigenvalue weighted by Crippen LogP contribution is 2.24. The van der Waals surface area contributed by atoms with E-state index in [-0.39, 0.29) is 11.5 Å². The minimum absolute atomic E-state index is 0.184. The maximum absolute atomic E-state index is 11.8. The molecule has 0 aliphatic heterocycles. The third-order valence-corrected chi connectivity index (χ3v) is 4.31. The van der Waals surface area contributed by atoms with Crippen molar-refractivity contribution in [2.24, 2.45) is 0 Å². The van der Waals surface area contributed by atoms with Gasteiger partial charge < -0.3 is 5.32 Å². The molecule has 0 atom stereocenters. The Morgan fingerprint density at radius 3 is 2.79 bits per heavy atom. The number of nitrogens with one attached hydrogen (secondary N) is 1. The van der Waals surface area contributed by atoms with Gasteiger partial charge in [0, 0.05) is 30.5 Å². The summed E-state index contributed by atoms with van der Waals surface area (Å²) in [5.74, 6) is 0.394. The topological polar surface area (TPSA) is 63.2 Å². The largest absolute Gasteiger partial charge is 0.385 e. The average Bonchev–Trinajstić information content (AvgIpc) is 2.34. The van der Waals surface area contributed by atoms with E-state index in [1.54, 1.807) is 0 Å². The van der Waals surface area contributed by atoms with Gasteiger partial charge in [0.2, 0.25) is 0 Å². The Morgan fingerprint density at radius 2 is 2.05 bits per heavy atom. The molecule has 0 aromatic heterocycles. The first-order chi connectivity index (χ1) is 8.96. The zero-order valence-corrected chi connectivity index (χ0v) is 11.9. The molecule has 19 heavy (non-hydrogen) atoms. The van der Waals surface area contributed by atoms with Crippen molar-refractivity contribution in [3.8, 4) is 0 Å². The monoisotopic (exact) mass is 281 g/mol. The van der Waals surface area contributed by atoms with E-state index in [1.165, 1.54) is 6.26 Å². The number of benzene rings is 1. The first kappa shape index (κ1) is 14.1. The average molecular weight is 281 g/mol. The SMILES string of the molecule is CS(=O)(=O)CCCNc1ccc2c(c1)C(=O)CCC2. The van der Waals surface area contributed by atoms with E-state index in [9.17, 15) is 13.2 Å². The fraction of sp³-hybridized carbons (Fsp3) is 0.500. The summed E-state index contributed by atoms with van der Waals surface area (Å²) in [6, 6.07) is 5.83. The van der Waals surface area contributed by atoms with E-state index in [1.807, 2.05) is 18.2 Å². The third kappa shape index (κ3) is 4.06. The summed E-state index contributed by atoms with van der Waals surface area (Å²) in [5.41, 5.74) is 2.83. The van der Waals surface area contributed by atoms with Gasteiger partial charge in [-0.15, -0.1) is 0 Å². The molecule has 0 saturated carbocycles. The molecule has 0 spiro atoms. The van der Waals surface area contributed by atoms with Gasteiger partial charge in [-0.3, -0.25) is 4.79 Å². The number of carbonyl (C=O) groups is 1. The van der Waals surface area contributed by atoms with Crippen LogP contribution >= 0.6 is 0 Å². The Labute approximate surface area is 114 Å². The number of ketones is 1. The highest BCUT2D eigenvalue weighted by Gasteiger charge is 2.16. The van der Waals surface area contributed by atoms with Gasteiger partial charge in [0.05, 0.1) is 5.75 Å². The first-order valence-corrected chi connectivity index (χ1v) is 8.59. The van der Waals surface area contributed by atoms with E-state index in [0.717, 1.165) is 29.7 Å². The van der Waals surface area contributed by atoms with Crippen LogP contribution in [-0.2, 0) is 16.3 Å². The minimum Gasteiger partial charge on any atom is -0.385 e. The number of rotatable bonds is 5. The van der Waals surface area contributed by atoms with Crippen molar-refractivity contribution < 1.29 is 13.2 Å². The second-order valence-electron chi connectivity index (χ2n) is 5.06. The molecular weight excluding hydrogens is 262 g/mol. The van der Waals surface area contributed by atoms with Gasteiger partial charge >= 0.3 is 0 Å². The Kier molecular flexibility index (Phi) is 4.24. The number of aryl methyl sites for hydroxylation is 1. The van der Waals surface area contributed by atoms with Crippen LogP contribution in [0.2, 0.25) is 0 Å². The Balaban J connectivity index is 1.95. The second-order valence-corrected chi connectivity index (χ2v) is 7.32. The smallest absolute Gasteiger partial charge is 0.163 e. The van der Waals surface area contributed by atoms with Crippen molar-refractivity contribution in [1.29, 1.82) is 0 Å². The summed E-state index contributed by atoms with van der Waals surface area (Å²) in [6.07, 6.45) is 4.35. The normalized spacial score (nSPS) is 15.1. The maximum atomic E-state index is 11.8. The zero-order chi connectivity index (χ0) is 13.9. The van der Waals surface area contributed by atoms with Crippen LogP contribution in [0.4, 0.5) is 5.69 Å². The van der Waals surface area contributed by atoms with Crippen molar-refractivity contribution in [3.63, 3.8) is 0 Å². The Hall–Kier alpha value is -1.36. The molecule has 2 rings (SSSR count). The molecule has 4 nitrogen and oxygen atoms in total. The number of carbonyl (C=O) groups excluding carboxylic acids is 1. The minimum atomic E-state index is -2.90. The van der Waals surface area contributed by atoms with Crippen LogP contribution in [-0.4, -0.2) is 32.8 Å². The first-order valence-electron chi connectivity index (χ1n) is 6.53. The summed E-state index contributed by atoms with van der Waals surface area (Å²) < 4.78 is 22.0. The summed E-state index contributed by atoms with van der Waals surface area (Å²) >= 11 is 0. The zero-order valence-electron chi connectivity index (χ0n) is 11.1. The van der Waals surface area contributed by atoms with Gasteiger partial charge in [-0.1, -0.05) is 6.07 Å². The van der Waals surface area contributed by atoms with Crippen molar-refractivity contribution in [2.45, 2.75) is 25.7 Å². The van der Waals surface area contributed by atoms with Gasteiger partial charge in [0.25, 0.3) is 0 Å². The second kappa shape index (κ2) is 5.74. The van der Waals surface area contributed by atoms with Crippen molar-refractivity contribution in [3.05, 3.63) is 29.3 Å². The lowest BCUT2D eigenvalue weighted by molar-refractivity contribution is 0.0972. The highest BCUT2D eigenvalue weighted by atomic mass is 32.2. The van der Waals surface area contributed by atoms with Crippen LogP contribution in [0.15, 0.2) is 18.2 Å². The molecule has 0 saturated heterocycles. The third-order valence-electron chi connectivity index (χ3n) is 3.28. The summed E-state index contributed by atoms with van der Waals surface area (Å²) in [4.78, 5) is 11.8.